The van der Waals surface area contributed by atoms with Crippen LogP contribution < -0.4 is 0 Å². The monoisotopic (exact) mass is 261 g/mol. The maximum absolute atomic E-state index is 10.7. The minimum Gasteiger partial charge on any atom is -0.384 e. The van der Waals surface area contributed by atoms with E-state index in [2.05, 4.69) is 11.8 Å². The van der Waals surface area contributed by atoms with E-state index in [0.717, 1.165) is 31.1 Å². The molecule has 1 fully saturated rings. The van der Waals surface area contributed by atoms with Crippen LogP contribution in [0.15, 0.2) is 30.3 Å². The Morgan fingerprint density at radius 1 is 1.21 bits per heavy atom. The van der Waals surface area contributed by atoms with E-state index in [1.807, 2.05) is 37.3 Å². The highest BCUT2D eigenvalue weighted by Gasteiger charge is 2.28. The van der Waals surface area contributed by atoms with Gasteiger partial charge in [-0.15, -0.1) is 0 Å². The molecule has 0 bridgehead atoms. The van der Waals surface area contributed by atoms with Crippen molar-refractivity contribution in [3.63, 3.8) is 0 Å². The molecule has 1 aliphatic heterocycles. The van der Waals surface area contributed by atoms with E-state index in [-0.39, 0.29) is 0 Å². The van der Waals surface area contributed by atoms with Gasteiger partial charge in [0.2, 0.25) is 0 Å². The Morgan fingerprint density at radius 3 is 2.42 bits per heavy atom. The van der Waals surface area contributed by atoms with Crippen LogP contribution in [-0.4, -0.2) is 29.6 Å². The Kier molecular flexibility index (Phi) is 5.00. The summed E-state index contributed by atoms with van der Waals surface area (Å²) in [6.45, 7) is 7.21. The van der Waals surface area contributed by atoms with E-state index < -0.39 is 5.60 Å². The molecule has 0 radical (unpaired) electrons. The summed E-state index contributed by atoms with van der Waals surface area (Å²) >= 11 is 0. The molecule has 0 aliphatic carbocycles. The summed E-state index contributed by atoms with van der Waals surface area (Å²) in [6.07, 6.45) is 5.24. The van der Waals surface area contributed by atoms with Crippen LogP contribution in [0.4, 0.5) is 0 Å². The van der Waals surface area contributed by atoms with Crippen LogP contribution in [0.1, 0.15) is 45.1 Å². The van der Waals surface area contributed by atoms with Gasteiger partial charge in [0.25, 0.3) is 0 Å². The van der Waals surface area contributed by atoms with Crippen molar-refractivity contribution in [1.82, 2.24) is 4.90 Å². The molecule has 2 heteroatoms. The van der Waals surface area contributed by atoms with Crippen molar-refractivity contribution in [3.8, 4) is 0 Å². The fourth-order valence-electron chi connectivity index (χ4n) is 3.17. The number of aliphatic hydroxyl groups is 1. The average Bonchev–Trinajstić information content (AvgIpc) is 2.42. The Balaban J connectivity index is 1.88. The molecule has 1 N–H and O–H groups in total. The van der Waals surface area contributed by atoms with Crippen LogP contribution in [0.3, 0.4) is 0 Å². The predicted octanol–water partition coefficient (Wildman–Crippen LogP) is 3.41. The molecule has 19 heavy (non-hydrogen) atoms. The molecule has 106 valence electrons. The van der Waals surface area contributed by atoms with Gasteiger partial charge in [0.15, 0.2) is 0 Å². The third-order valence-electron chi connectivity index (χ3n) is 4.33. The van der Waals surface area contributed by atoms with Gasteiger partial charge in [-0.2, -0.15) is 0 Å². The Hall–Kier alpha value is -0.860. The first-order valence-electron chi connectivity index (χ1n) is 7.62. The first-order chi connectivity index (χ1) is 9.12. The molecule has 1 heterocycles. The smallest absolute Gasteiger partial charge is 0.0994 e. The van der Waals surface area contributed by atoms with E-state index in [9.17, 15) is 5.11 Å². The highest BCUT2D eigenvalue weighted by atomic mass is 16.3. The van der Waals surface area contributed by atoms with Gasteiger partial charge >= 0.3 is 0 Å². The summed E-state index contributed by atoms with van der Waals surface area (Å²) in [5, 5.41) is 10.7. The van der Waals surface area contributed by atoms with Crippen molar-refractivity contribution < 1.29 is 5.11 Å². The molecular weight excluding hydrogens is 234 g/mol. The second-order valence-electron chi connectivity index (χ2n) is 6.15. The Labute approximate surface area is 117 Å². The summed E-state index contributed by atoms with van der Waals surface area (Å²) in [6, 6.07) is 10.0. The number of hydrogen-bond donors (Lipinski definition) is 1. The normalized spacial score (nSPS) is 21.2. The lowest BCUT2D eigenvalue weighted by Crippen LogP contribution is -2.43. The van der Waals surface area contributed by atoms with Crippen LogP contribution in [0.2, 0.25) is 0 Å². The molecule has 1 aliphatic rings. The summed E-state index contributed by atoms with van der Waals surface area (Å²) in [5.41, 5.74) is 0.282. The molecule has 1 unspecified atom stereocenters. The van der Waals surface area contributed by atoms with Gasteiger partial charge in [-0.05, 0) is 44.3 Å². The zero-order valence-corrected chi connectivity index (χ0v) is 12.3. The van der Waals surface area contributed by atoms with Gasteiger partial charge in [0.05, 0.1) is 5.60 Å². The van der Waals surface area contributed by atoms with Gasteiger partial charge in [-0.1, -0.05) is 50.1 Å². The van der Waals surface area contributed by atoms with Crippen LogP contribution in [0, 0.1) is 5.92 Å². The molecule has 0 amide bonds. The van der Waals surface area contributed by atoms with Crippen LogP contribution in [0.5, 0.6) is 0 Å². The number of rotatable bonds is 5. The number of piperidine rings is 1. The first-order valence-corrected chi connectivity index (χ1v) is 7.62. The molecule has 0 spiro atoms. The highest BCUT2D eigenvalue weighted by Crippen LogP contribution is 2.26. The van der Waals surface area contributed by atoms with Gasteiger partial charge < -0.3 is 10.0 Å². The van der Waals surface area contributed by atoms with Gasteiger partial charge in [-0.25, -0.2) is 0 Å². The average molecular weight is 261 g/mol. The SMILES string of the molecule is CCCC1CCN(CC(C)(O)c2ccccc2)CC1. The zero-order chi connectivity index (χ0) is 13.7. The van der Waals surface area contributed by atoms with Crippen LogP contribution >= 0.6 is 0 Å². The molecule has 1 saturated heterocycles. The van der Waals surface area contributed by atoms with Crippen molar-refractivity contribution in [1.29, 1.82) is 0 Å². The van der Waals surface area contributed by atoms with Crippen molar-refractivity contribution >= 4 is 0 Å². The maximum atomic E-state index is 10.7. The fraction of sp³-hybridized carbons (Fsp3) is 0.647. The van der Waals surface area contributed by atoms with Crippen molar-refractivity contribution in [2.75, 3.05) is 19.6 Å². The van der Waals surface area contributed by atoms with Crippen LogP contribution in [0.25, 0.3) is 0 Å². The minimum atomic E-state index is -0.737. The predicted molar refractivity (Wildman–Crippen MR) is 80.1 cm³/mol. The van der Waals surface area contributed by atoms with E-state index in [4.69, 9.17) is 0 Å². The van der Waals surface area contributed by atoms with Crippen molar-refractivity contribution in [3.05, 3.63) is 35.9 Å². The molecule has 1 atom stereocenters. The summed E-state index contributed by atoms with van der Waals surface area (Å²) in [4.78, 5) is 2.42. The number of hydrogen-bond acceptors (Lipinski definition) is 2. The maximum Gasteiger partial charge on any atom is 0.0994 e. The molecule has 0 aromatic heterocycles. The standard InChI is InChI=1S/C17H27NO/c1-3-7-15-10-12-18(13-11-15)14-17(2,19)16-8-5-4-6-9-16/h4-6,8-9,15,19H,3,7,10-14H2,1-2H3. The second kappa shape index (κ2) is 6.53. The number of likely N-dealkylation sites (tertiary alicyclic amines) is 1. The second-order valence-corrected chi connectivity index (χ2v) is 6.15. The highest BCUT2D eigenvalue weighted by molar-refractivity contribution is 5.21. The number of nitrogens with zero attached hydrogens (tertiary/aromatic N) is 1. The lowest BCUT2D eigenvalue weighted by Gasteiger charge is -2.36. The largest absolute Gasteiger partial charge is 0.384 e. The molecule has 2 nitrogen and oxygen atoms in total. The first kappa shape index (κ1) is 14.5. The number of benzene rings is 1. The summed E-state index contributed by atoms with van der Waals surface area (Å²) in [5.74, 6) is 0.905. The Morgan fingerprint density at radius 2 is 1.84 bits per heavy atom. The lowest BCUT2D eigenvalue weighted by atomic mass is 9.90. The topological polar surface area (TPSA) is 23.5 Å². The van der Waals surface area contributed by atoms with E-state index in [0.29, 0.717) is 0 Å². The summed E-state index contributed by atoms with van der Waals surface area (Å²) in [7, 11) is 0. The molecule has 0 saturated carbocycles. The zero-order valence-electron chi connectivity index (χ0n) is 12.3. The molecule has 1 aromatic rings. The van der Waals surface area contributed by atoms with Gasteiger partial charge in [-0.3, -0.25) is 0 Å². The van der Waals surface area contributed by atoms with Crippen LogP contribution in [-0.2, 0) is 5.60 Å². The van der Waals surface area contributed by atoms with Crippen molar-refractivity contribution in [2.24, 2.45) is 5.92 Å². The van der Waals surface area contributed by atoms with Gasteiger partial charge in [0.1, 0.15) is 0 Å². The quantitative estimate of drug-likeness (QED) is 0.878. The van der Waals surface area contributed by atoms with Gasteiger partial charge in [0, 0.05) is 6.54 Å². The molecule has 1 aromatic carbocycles. The van der Waals surface area contributed by atoms with E-state index in [1.165, 1.54) is 25.7 Å². The Bertz CT molecular complexity index is 366. The van der Waals surface area contributed by atoms with E-state index in [1.54, 1.807) is 0 Å². The third kappa shape index (κ3) is 4.05. The minimum absolute atomic E-state index is 0.737. The van der Waals surface area contributed by atoms with Crippen molar-refractivity contribution in [2.45, 2.75) is 45.1 Å². The molecular formula is C17H27NO. The lowest BCUT2D eigenvalue weighted by molar-refractivity contribution is 0.00530. The molecule has 2 rings (SSSR count). The van der Waals surface area contributed by atoms with E-state index >= 15 is 0 Å². The number of β-amino-alcohol motifs (C(OH)–C–C–N with tert-alkyl or cyclic N) is 1. The third-order valence-corrected chi connectivity index (χ3v) is 4.33. The fourth-order valence-corrected chi connectivity index (χ4v) is 3.17. The summed E-state index contributed by atoms with van der Waals surface area (Å²) < 4.78 is 0.